The van der Waals surface area contributed by atoms with Crippen molar-refractivity contribution < 1.29 is 18.7 Å². The largest absolute Gasteiger partial charge is 0.371 e. The van der Waals surface area contributed by atoms with Crippen LogP contribution in [0, 0.1) is 17.7 Å². The Morgan fingerprint density at radius 3 is 2.86 bits per heavy atom. The van der Waals surface area contributed by atoms with Gasteiger partial charge in [-0.1, -0.05) is 24.9 Å². The summed E-state index contributed by atoms with van der Waals surface area (Å²) >= 11 is 6.50. The van der Waals surface area contributed by atoms with Crippen molar-refractivity contribution in [1.29, 1.82) is 0 Å². The molecule has 196 valence electrons. The number of ether oxygens (including phenoxy) is 1. The number of hydrogen-bond acceptors (Lipinski definition) is 5. The topological polar surface area (TPSA) is 86.1 Å². The van der Waals surface area contributed by atoms with E-state index in [1.165, 1.54) is 12.3 Å². The first-order valence-corrected chi connectivity index (χ1v) is 13.3. The summed E-state index contributed by atoms with van der Waals surface area (Å²) in [6.07, 6.45) is 5.94. The van der Waals surface area contributed by atoms with Gasteiger partial charge in [-0.3, -0.25) is 9.59 Å². The predicted octanol–water partition coefficient (Wildman–Crippen LogP) is 6.27. The second-order valence-corrected chi connectivity index (χ2v) is 11.3. The van der Waals surface area contributed by atoms with Crippen LogP contribution in [0.4, 0.5) is 10.2 Å². The van der Waals surface area contributed by atoms with E-state index in [0.717, 1.165) is 19.3 Å². The van der Waals surface area contributed by atoms with Crippen LogP contribution >= 0.6 is 11.6 Å². The molecule has 3 heterocycles. The van der Waals surface area contributed by atoms with Gasteiger partial charge in [0.15, 0.2) is 5.82 Å². The molecule has 0 spiro atoms. The molecule has 0 unspecified atom stereocenters. The monoisotopic (exact) mass is 526 g/mol. The summed E-state index contributed by atoms with van der Waals surface area (Å²) in [6, 6.07) is 4.98. The zero-order valence-corrected chi connectivity index (χ0v) is 22.2. The van der Waals surface area contributed by atoms with Gasteiger partial charge in [0.05, 0.1) is 22.7 Å². The minimum absolute atomic E-state index is 0.109. The van der Waals surface area contributed by atoms with Crippen molar-refractivity contribution >= 4 is 40.1 Å². The summed E-state index contributed by atoms with van der Waals surface area (Å²) in [4.78, 5) is 33.8. The molecule has 2 aromatic heterocycles. The summed E-state index contributed by atoms with van der Waals surface area (Å²) in [7, 11) is 0. The van der Waals surface area contributed by atoms with Crippen LogP contribution in [0.5, 0.6) is 0 Å². The molecule has 1 amide bonds. The molecule has 0 radical (unpaired) electrons. The molecule has 1 aliphatic carbocycles. The number of carbonyl (C=O) groups excluding carboxylic acids is 2. The van der Waals surface area contributed by atoms with Crippen molar-refractivity contribution in [1.82, 2.24) is 14.5 Å². The Kier molecular flexibility index (Phi) is 7.07. The molecule has 0 bridgehead atoms. The number of rotatable bonds is 6. The molecule has 3 aromatic rings. The number of anilines is 1. The van der Waals surface area contributed by atoms with Gasteiger partial charge in [0.2, 0.25) is 5.91 Å². The number of nitrogens with one attached hydrogen (secondary N) is 1. The molecule has 0 saturated heterocycles. The van der Waals surface area contributed by atoms with E-state index >= 15 is 4.39 Å². The SMILES string of the molecule is CCC(=O)C[C@@H]1CCC[C@H](C(=O)Nc2cc(-c3cc(F)c4nc5n(c4c3)C(C)(C)COC5)c(Cl)cn2)C1. The third-order valence-electron chi connectivity index (χ3n) is 7.56. The standard InChI is InChI=1S/C28H32ClFN4O3/c1-4-19(35)9-16-6-5-7-17(8-16)27(36)32-24-12-20(21(29)13-31-24)18-10-22(30)26-23(11-18)34-25(33-26)14-37-15-28(34,2)3/h10-13,16-17H,4-9,14-15H2,1-3H3,(H,31,32,36)/t16-,17+/m1/s1. The fourth-order valence-electron chi connectivity index (χ4n) is 5.71. The lowest BCUT2D eigenvalue weighted by Gasteiger charge is -2.33. The first-order valence-electron chi connectivity index (χ1n) is 12.9. The van der Waals surface area contributed by atoms with Gasteiger partial charge >= 0.3 is 0 Å². The quantitative estimate of drug-likeness (QED) is 0.409. The Bertz CT molecular complexity index is 1370. The molecule has 2 atom stereocenters. The van der Waals surface area contributed by atoms with Crippen LogP contribution in [-0.4, -0.2) is 32.8 Å². The van der Waals surface area contributed by atoms with E-state index in [1.54, 1.807) is 6.07 Å². The van der Waals surface area contributed by atoms with Crippen LogP contribution in [0.25, 0.3) is 22.2 Å². The highest BCUT2D eigenvalue weighted by Crippen LogP contribution is 2.37. The van der Waals surface area contributed by atoms with E-state index in [1.807, 2.05) is 31.4 Å². The average molecular weight is 527 g/mol. The molecule has 1 saturated carbocycles. The molecule has 1 aromatic carbocycles. The van der Waals surface area contributed by atoms with Crippen LogP contribution < -0.4 is 5.32 Å². The summed E-state index contributed by atoms with van der Waals surface area (Å²) in [5.41, 5.74) is 1.74. The molecule has 5 rings (SSSR count). The molecular weight excluding hydrogens is 495 g/mol. The minimum atomic E-state index is -0.446. The maximum atomic E-state index is 15.2. The van der Waals surface area contributed by atoms with Crippen molar-refractivity contribution in [3.05, 3.63) is 41.1 Å². The van der Waals surface area contributed by atoms with Gasteiger partial charge in [0.1, 0.15) is 29.5 Å². The van der Waals surface area contributed by atoms with E-state index < -0.39 is 5.82 Å². The van der Waals surface area contributed by atoms with Gasteiger partial charge in [-0.05, 0) is 62.8 Å². The fourth-order valence-corrected chi connectivity index (χ4v) is 5.92. The van der Waals surface area contributed by atoms with Crippen LogP contribution in [-0.2, 0) is 26.5 Å². The number of benzene rings is 1. The summed E-state index contributed by atoms with van der Waals surface area (Å²) < 4.78 is 22.9. The molecular formula is C28H32ClFN4O3. The lowest BCUT2D eigenvalue weighted by molar-refractivity contribution is -0.123. The third-order valence-corrected chi connectivity index (χ3v) is 7.86. The summed E-state index contributed by atoms with van der Waals surface area (Å²) in [5.74, 6) is 0.816. The number of Topliss-reactive ketones (excluding diaryl/α,β-unsaturated/α-hetero) is 1. The highest BCUT2D eigenvalue weighted by Gasteiger charge is 2.32. The van der Waals surface area contributed by atoms with E-state index in [-0.39, 0.29) is 29.1 Å². The van der Waals surface area contributed by atoms with E-state index in [9.17, 15) is 9.59 Å². The Hall–Kier alpha value is -2.84. The Morgan fingerprint density at radius 2 is 2.08 bits per heavy atom. The van der Waals surface area contributed by atoms with Crippen molar-refractivity contribution in [3.8, 4) is 11.1 Å². The summed E-state index contributed by atoms with van der Waals surface area (Å²) in [5, 5.41) is 3.28. The number of ketones is 1. The number of pyridine rings is 1. The molecule has 1 aliphatic heterocycles. The molecule has 2 aliphatic rings. The number of carbonyl (C=O) groups is 2. The highest BCUT2D eigenvalue weighted by atomic mass is 35.5. The van der Waals surface area contributed by atoms with Gasteiger partial charge < -0.3 is 14.6 Å². The number of hydrogen-bond donors (Lipinski definition) is 1. The first kappa shape index (κ1) is 25.8. The Morgan fingerprint density at radius 1 is 1.27 bits per heavy atom. The lowest BCUT2D eigenvalue weighted by atomic mass is 9.78. The van der Waals surface area contributed by atoms with Crippen molar-refractivity contribution in [3.63, 3.8) is 0 Å². The van der Waals surface area contributed by atoms with Gasteiger partial charge in [-0.25, -0.2) is 14.4 Å². The van der Waals surface area contributed by atoms with Crippen LogP contribution in [0.1, 0.15) is 65.1 Å². The zero-order valence-electron chi connectivity index (χ0n) is 21.4. The van der Waals surface area contributed by atoms with Crippen LogP contribution in [0.2, 0.25) is 5.02 Å². The van der Waals surface area contributed by atoms with E-state index in [4.69, 9.17) is 16.3 Å². The average Bonchev–Trinajstić information content (AvgIpc) is 3.26. The Labute approximate surface area is 220 Å². The second-order valence-electron chi connectivity index (χ2n) is 10.9. The smallest absolute Gasteiger partial charge is 0.228 e. The van der Waals surface area contributed by atoms with Gasteiger partial charge in [0, 0.05) is 30.5 Å². The van der Waals surface area contributed by atoms with E-state index in [2.05, 4.69) is 15.3 Å². The third kappa shape index (κ3) is 5.14. The van der Waals surface area contributed by atoms with Gasteiger partial charge in [-0.2, -0.15) is 0 Å². The molecule has 7 nitrogen and oxygen atoms in total. The van der Waals surface area contributed by atoms with Gasteiger partial charge in [-0.15, -0.1) is 0 Å². The normalized spacial score (nSPS) is 21.0. The van der Waals surface area contributed by atoms with Crippen LogP contribution in [0.15, 0.2) is 24.4 Å². The maximum Gasteiger partial charge on any atom is 0.228 e. The summed E-state index contributed by atoms with van der Waals surface area (Å²) in [6.45, 7) is 6.76. The molecule has 37 heavy (non-hydrogen) atoms. The predicted molar refractivity (Wildman–Crippen MR) is 141 cm³/mol. The number of amides is 1. The number of imidazole rings is 1. The van der Waals surface area contributed by atoms with Crippen molar-refractivity contribution in [2.24, 2.45) is 11.8 Å². The first-order chi connectivity index (χ1) is 17.7. The highest BCUT2D eigenvalue weighted by molar-refractivity contribution is 6.33. The minimum Gasteiger partial charge on any atom is -0.371 e. The maximum absolute atomic E-state index is 15.2. The van der Waals surface area contributed by atoms with Crippen molar-refractivity contribution in [2.75, 3.05) is 11.9 Å². The van der Waals surface area contributed by atoms with Gasteiger partial charge in [0.25, 0.3) is 0 Å². The number of fused-ring (bicyclic) bond motifs is 3. The van der Waals surface area contributed by atoms with E-state index in [0.29, 0.717) is 71.3 Å². The Balaban J connectivity index is 1.42. The molecule has 1 fully saturated rings. The lowest BCUT2D eigenvalue weighted by Crippen LogP contribution is -2.37. The zero-order chi connectivity index (χ0) is 26.3. The van der Waals surface area contributed by atoms with Crippen LogP contribution in [0.3, 0.4) is 0 Å². The molecule has 1 N–H and O–H groups in total. The number of aromatic nitrogens is 3. The number of nitrogens with zero attached hydrogens (tertiary/aromatic N) is 3. The fraction of sp³-hybridized carbons (Fsp3) is 0.500. The van der Waals surface area contributed by atoms with Crippen molar-refractivity contribution in [2.45, 2.75) is 71.4 Å². The molecule has 9 heteroatoms. The second kappa shape index (κ2) is 10.1. The number of halogens is 2.